The van der Waals surface area contributed by atoms with Crippen LogP contribution in [0.25, 0.3) is 0 Å². The molecule has 1 saturated carbocycles. The number of carbonyl (C=O) groups excluding carboxylic acids is 1. The monoisotopic (exact) mass is 229 g/mol. The summed E-state index contributed by atoms with van der Waals surface area (Å²) in [4.78, 5) is 13.6. The Hall–Kier alpha value is -0.650. The summed E-state index contributed by atoms with van der Waals surface area (Å²) in [6.45, 7) is 3.94. The van der Waals surface area contributed by atoms with E-state index in [1.165, 1.54) is 0 Å². The SMILES string of the molecule is COCCN(C)CC(C)(NC1CC1)C(N)=O. The van der Waals surface area contributed by atoms with Crippen LogP contribution in [0, 0.1) is 0 Å². The quantitative estimate of drug-likeness (QED) is 0.592. The van der Waals surface area contributed by atoms with Crippen molar-refractivity contribution in [2.75, 3.05) is 33.9 Å². The predicted octanol–water partition coefficient (Wildman–Crippen LogP) is -0.439. The average Bonchev–Trinajstić information content (AvgIpc) is 2.98. The van der Waals surface area contributed by atoms with Gasteiger partial charge in [0, 0.05) is 26.2 Å². The zero-order chi connectivity index (χ0) is 12.2. The zero-order valence-corrected chi connectivity index (χ0v) is 10.5. The van der Waals surface area contributed by atoms with Crippen LogP contribution in [0.4, 0.5) is 0 Å². The lowest BCUT2D eigenvalue weighted by Crippen LogP contribution is -2.60. The molecule has 94 valence electrons. The van der Waals surface area contributed by atoms with Gasteiger partial charge in [-0.15, -0.1) is 0 Å². The number of methoxy groups -OCH3 is 1. The summed E-state index contributed by atoms with van der Waals surface area (Å²) < 4.78 is 5.00. The third-order valence-corrected chi connectivity index (χ3v) is 2.91. The van der Waals surface area contributed by atoms with Gasteiger partial charge in [0.2, 0.25) is 5.91 Å². The number of amides is 1. The highest BCUT2D eigenvalue weighted by molar-refractivity contribution is 5.84. The Bertz CT molecular complexity index is 243. The second-order valence-corrected chi connectivity index (χ2v) is 4.85. The third kappa shape index (κ3) is 4.08. The van der Waals surface area contributed by atoms with Crippen molar-refractivity contribution in [2.24, 2.45) is 5.73 Å². The highest BCUT2D eigenvalue weighted by atomic mass is 16.5. The molecule has 0 aliphatic heterocycles. The Balaban J connectivity index is 2.45. The summed E-state index contributed by atoms with van der Waals surface area (Å²) in [5.74, 6) is -0.288. The second kappa shape index (κ2) is 5.61. The Labute approximate surface area is 97.3 Å². The molecule has 1 atom stereocenters. The first kappa shape index (κ1) is 13.4. The maximum absolute atomic E-state index is 11.5. The van der Waals surface area contributed by atoms with Crippen molar-refractivity contribution >= 4 is 5.91 Å². The Morgan fingerprint density at radius 3 is 2.69 bits per heavy atom. The van der Waals surface area contributed by atoms with E-state index < -0.39 is 5.54 Å². The van der Waals surface area contributed by atoms with Crippen LogP contribution >= 0.6 is 0 Å². The standard InChI is InChI=1S/C11H23N3O2/c1-11(10(12)15,13-9-4-5-9)8-14(2)6-7-16-3/h9,13H,4-8H2,1-3H3,(H2,12,15). The molecule has 5 nitrogen and oxygen atoms in total. The highest BCUT2D eigenvalue weighted by Crippen LogP contribution is 2.22. The molecule has 0 heterocycles. The van der Waals surface area contributed by atoms with Crippen molar-refractivity contribution in [1.82, 2.24) is 10.2 Å². The molecule has 0 bridgehead atoms. The van der Waals surface area contributed by atoms with Crippen molar-refractivity contribution < 1.29 is 9.53 Å². The normalized spacial score (nSPS) is 19.8. The predicted molar refractivity (Wildman–Crippen MR) is 63.1 cm³/mol. The molecule has 16 heavy (non-hydrogen) atoms. The Morgan fingerprint density at radius 1 is 1.62 bits per heavy atom. The number of nitrogens with one attached hydrogen (secondary N) is 1. The number of carbonyl (C=O) groups is 1. The van der Waals surface area contributed by atoms with Gasteiger partial charge < -0.3 is 15.4 Å². The van der Waals surface area contributed by atoms with Gasteiger partial charge in [0.1, 0.15) is 5.54 Å². The van der Waals surface area contributed by atoms with Crippen LogP contribution in [-0.2, 0) is 9.53 Å². The lowest BCUT2D eigenvalue weighted by Gasteiger charge is -2.32. The van der Waals surface area contributed by atoms with Gasteiger partial charge in [-0.2, -0.15) is 0 Å². The van der Waals surface area contributed by atoms with Crippen molar-refractivity contribution in [3.8, 4) is 0 Å². The van der Waals surface area contributed by atoms with Crippen LogP contribution in [0.2, 0.25) is 0 Å². The molecule has 0 aromatic rings. The molecule has 0 aromatic carbocycles. The van der Waals surface area contributed by atoms with Crippen LogP contribution in [-0.4, -0.2) is 56.2 Å². The van der Waals surface area contributed by atoms with Crippen molar-refractivity contribution in [2.45, 2.75) is 31.3 Å². The molecule has 1 aliphatic carbocycles. The molecule has 1 amide bonds. The number of nitrogens with two attached hydrogens (primary N) is 1. The van der Waals surface area contributed by atoms with E-state index in [0.29, 0.717) is 19.2 Å². The van der Waals surface area contributed by atoms with E-state index in [1.54, 1.807) is 7.11 Å². The Morgan fingerprint density at radius 2 is 2.25 bits per heavy atom. The highest BCUT2D eigenvalue weighted by Gasteiger charge is 2.37. The third-order valence-electron chi connectivity index (χ3n) is 2.91. The fourth-order valence-corrected chi connectivity index (χ4v) is 1.74. The fraction of sp³-hybridized carbons (Fsp3) is 0.909. The van der Waals surface area contributed by atoms with Crippen LogP contribution in [0.5, 0.6) is 0 Å². The number of hydrogen-bond acceptors (Lipinski definition) is 4. The smallest absolute Gasteiger partial charge is 0.238 e. The molecule has 1 aliphatic rings. The summed E-state index contributed by atoms with van der Waals surface area (Å²) in [7, 11) is 3.64. The fourth-order valence-electron chi connectivity index (χ4n) is 1.74. The van der Waals surface area contributed by atoms with Gasteiger partial charge in [-0.25, -0.2) is 0 Å². The summed E-state index contributed by atoms with van der Waals surface area (Å²) in [6, 6.07) is 0.466. The minimum Gasteiger partial charge on any atom is -0.383 e. The van der Waals surface area contributed by atoms with Crippen LogP contribution < -0.4 is 11.1 Å². The number of ether oxygens (including phenoxy) is 1. The van der Waals surface area contributed by atoms with Gasteiger partial charge in [0.05, 0.1) is 6.61 Å². The molecular weight excluding hydrogens is 206 g/mol. The number of hydrogen-bond donors (Lipinski definition) is 2. The van der Waals surface area contributed by atoms with Crippen LogP contribution in [0.3, 0.4) is 0 Å². The summed E-state index contributed by atoms with van der Waals surface area (Å²) in [5.41, 5.74) is 4.83. The van der Waals surface area contributed by atoms with Crippen molar-refractivity contribution in [3.63, 3.8) is 0 Å². The molecule has 0 radical (unpaired) electrons. The molecule has 0 spiro atoms. The van der Waals surface area contributed by atoms with E-state index >= 15 is 0 Å². The molecule has 1 unspecified atom stereocenters. The molecule has 1 fully saturated rings. The van der Waals surface area contributed by atoms with E-state index in [0.717, 1.165) is 19.4 Å². The summed E-state index contributed by atoms with van der Waals surface area (Å²) in [5, 5.41) is 3.32. The topological polar surface area (TPSA) is 67.6 Å². The number of likely N-dealkylation sites (N-methyl/N-ethyl adjacent to an activating group) is 1. The van der Waals surface area contributed by atoms with Crippen LogP contribution in [0.15, 0.2) is 0 Å². The molecule has 3 N–H and O–H groups in total. The van der Waals surface area contributed by atoms with Crippen LogP contribution in [0.1, 0.15) is 19.8 Å². The second-order valence-electron chi connectivity index (χ2n) is 4.85. The van der Waals surface area contributed by atoms with Gasteiger partial charge >= 0.3 is 0 Å². The van der Waals surface area contributed by atoms with Gasteiger partial charge in [0.25, 0.3) is 0 Å². The molecule has 5 heteroatoms. The zero-order valence-electron chi connectivity index (χ0n) is 10.5. The summed E-state index contributed by atoms with van der Waals surface area (Å²) in [6.07, 6.45) is 2.29. The van der Waals surface area contributed by atoms with E-state index in [4.69, 9.17) is 10.5 Å². The minimum absolute atomic E-state index is 0.288. The lowest BCUT2D eigenvalue weighted by molar-refractivity contribution is -0.124. The lowest BCUT2D eigenvalue weighted by atomic mass is 10.0. The first-order valence-electron chi connectivity index (χ1n) is 5.73. The molecule has 0 aromatic heterocycles. The number of nitrogens with zero attached hydrogens (tertiary/aromatic N) is 1. The first-order chi connectivity index (χ1) is 7.48. The van der Waals surface area contributed by atoms with Gasteiger partial charge in [-0.1, -0.05) is 0 Å². The van der Waals surface area contributed by atoms with E-state index in [9.17, 15) is 4.79 Å². The Kier molecular flexibility index (Phi) is 4.70. The molecule has 0 saturated heterocycles. The van der Waals surface area contributed by atoms with Crippen molar-refractivity contribution in [3.05, 3.63) is 0 Å². The van der Waals surface area contributed by atoms with Gasteiger partial charge in [0.15, 0.2) is 0 Å². The molecular formula is C11H23N3O2. The maximum atomic E-state index is 11.5. The van der Waals surface area contributed by atoms with Gasteiger partial charge in [-0.05, 0) is 26.8 Å². The van der Waals surface area contributed by atoms with E-state index in [1.807, 2.05) is 14.0 Å². The number of rotatable bonds is 8. The minimum atomic E-state index is -0.635. The largest absolute Gasteiger partial charge is 0.383 e. The van der Waals surface area contributed by atoms with E-state index in [-0.39, 0.29) is 5.91 Å². The van der Waals surface area contributed by atoms with E-state index in [2.05, 4.69) is 10.2 Å². The number of primary amides is 1. The molecule has 1 rings (SSSR count). The van der Waals surface area contributed by atoms with Gasteiger partial charge in [-0.3, -0.25) is 10.1 Å². The van der Waals surface area contributed by atoms with Crippen molar-refractivity contribution in [1.29, 1.82) is 0 Å². The first-order valence-corrected chi connectivity index (χ1v) is 5.73. The average molecular weight is 229 g/mol. The summed E-state index contributed by atoms with van der Waals surface area (Å²) >= 11 is 0. The maximum Gasteiger partial charge on any atom is 0.238 e.